The molecule has 0 bridgehead atoms. The second-order valence-corrected chi connectivity index (χ2v) is 8.27. The van der Waals surface area contributed by atoms with Gasteiger partial charge in [-0.05, 0) is 63.0 Å². The first-order chi connectivity index (χ1) is 13.5. The van der Waals surface area contributed by atoms with E-state index in [1.54, 1.807) is 5.55 Å². The number of nitrogens with zero attached hydrogens (tertiary/aromatic N) is 2. The molecule has 1 N–H and O–H groups in total. The van der Waals surface area contributed by atoms with Crippen LogP contribution in [0.4, 0.5) is 0 Å². The van der Waals surface area contributed by atoms with Crippen molar-refractivity contribution in [3.63, 3.8) is 0 Å². The highest BCUT2D eigenvalue weighted by molar-refractivity contribution is 8.11. The van der Waals surface area contributed by atoms with Gasteiger partial charge >= 0.3 is 5.97 Å². The molecule has 28 heavy (non-hydrogen) atoms. The Morgan fingerprint density at radius 3 is 3.00 bits per heavy atom. The van der Waals surface area contributed by atoms with E-state index in [9.17, 15) is 9.90 Å². The van der Waals surface area contributed by atoms with Crippen molar-refractivity contribution < 1.29 is 14.6 Å². The minimum Gasteiger partial charge on any atom is -0.481 e. The molecule has 0 aromatic heterocycles. The van der Waals surface area contributed by atoms with Gasteiger partial charge in [0.2, 0.25) is 0 Å². The van der Waals surface area contributed by atoms with Crippen LogP contribution in [0.15, 0.2) is 40.9 Å². The zero-order valence-electron chi connectivity index (χ0n) is 17.2. The molecule has 6 heteroatoms. The topological polar surface area (TPSA) is 62.1 Å². The summed E-state index contributed by atoms with van der Waals surface area (Å²) in [7, 11) is 0. The molecule has 156 valence electrons. The zero-order chi connectivity index (χ0) is 20.4. The number of likely N-dealkylation sites (tertiary alicyclic amines) is 1. The van der Waals surface area contributed by atoms with Crippen molar-refractivity contribution in [1.82, 2.24) is 4.90 Å². The fourth-order valence-corrected chi connectivity index (χ4v) is 4.29. The zero-order valence-corrected chi connectivity index (χ0v) is 18.0. The average Bonchev–Trinajstić information content (AvgIpc) is 2.85. The van der Waals surface area contributed by atoms with Crippen molar-refractivity contribution in [2.75, 3.05) is 39.0 Å². The third kappa shape index (κ3) is 6.33. The fraction of sp³-hybridized carbons (Fsp3) is 0.636. The molecule has 1 spiro atoms. The van der Waals surface area contributed by atoms with E-state index in [1.807, 2.05) is 12.3 Å². The van der Waals surface area contributed by atoms with E-state index < -0.39 is 5.97 Å². The SMILES string of the molecule is C=CC/C=C\C1=C(C)C2(CCCN(CC(CCN=CSC)C(=O)O)CC2)OC1. The van der Waals surface area contributed by atoms with Crippen molar-refractivity contribution in [3.05, 3.63) is 36.0 Å². The Morgan fingerprint density at radius 2 is 2.29 bits per heavy atom. The Morgan fingerprint density at radius 1 is 1.46 bits per heavy atom. The van der Waals surface area contributed by atoms with Crippen molar-refractivity contribution in [3.8, 4) is 0 Å². The third-order valence-electron chi connectivity index (χ3n) is 5.79. The normalized spacial score (nSPS) is 25.1. The van der Waals surface area contributed by atoms with Gasteiger partial charge in [0.25, 0.3) is 0 Å². The monoisotopic (exact) mass is 406 g/mol. The quantitative estimate of drug-likeness (QED) is 0.335. The average molecular weight is 407 g/mol. The Kier molecular flexibility index (Phi) is 9.48. The number of allylic oxidation sites excluding steroid dienone is 2. The van der Waals surface area contributed by atoms with Crippen LogP contribution in [-0.4, -0.2) is 66.2 Å². The lowest BCUT2D eigenvalue weighted by molar-refractivity contribution is -0.142. The maximum atomic E-state index is 11.7. The summed E-state index contributed by atoms with van der Waals surface area (Å²) in [5.74, 6) is -1.09. The van der Waals surface area contributed by atoms with Crippen LogP contribution in [-0.2, 0) is 9.53 Å². The van der Waals surface area contributed by atoms with E-state index in [-0.39, 0.29) is 11.5 Å². The summed E-state index contributed by atoms with van der Waals surface area (Å²) in [4.78, 5) is 18.2. The van der Waals surface area contributed by atoms with Gasteiger partial charge < -0.3 is 14.7 Å². The third-order valence-corrected chi connectivity index (χ3v) is 6.15. The Labute approximate surface area is 173 Å². The van der Waals surface area contributed by atoms with Crippen molar-refractivity contribution in [1.29, 1.82) is 0 Å². The maximum absolute atomic E-state index is 11.7. The predicted octanol–water partition coefficient (Wildman–Crippen LogP) is 4.17. The number of aliphatic carboxylic acids is 1. The molecule has 0 aromatic carbocycles. The highest BCUT2D eigenvalue weighted by Crippen LogP contribution is 2.40. The van der Waals surface area contributed by atoms with E-state index in [0.717, 1.165) is 38.8 Å². The summed E-state index contributed by atoms with van der Waals surface area (Å²) in [6.07, 6.45) is 12.6. The highest BCUT2D eigenvalue weighted by Gasteiger charge is 2.40. The van der Waals surface area contributed by atoms with Gasteiger partial charge in [0.15, 0.2) is 0 Å². The number of carboxylic acids is 1. The number of ether oxygens (including phenoxy) is 1. The molecule has 0 aliphatic carbocycles. The Hall–Kier alpha value is -1.37. The minimum atomic E-state index is -0.721. The van der Waals surface area contributed by atoms with Crippen LogP contribution in [0.3, 0.4) is 0 Å². The maximum Gasteiger partial charge on any atom is 0.307 e. The number of aliphatic imine (C=N–C) groups is 1. The van der Waals surface area contributed by atoms with Crippen LogP contribution in [0.2, 0.25) is 0 Å². The Bertz CT molecular complexity index is 629. The smallest absolute Gasteiger partial charge is 0.307 e. The van der Waals surface area contributed by atoms with Crippen LogP contribution in [0, 0.1) is 5.92 Å². The highest BCUT2D eigenvalue weighted by atomic mass is 32.2. The van der Waals surface area contributed by atoms with Gasteiger partial charge in [-0.2, -0.15) is 0 Å². The number of carboxylic acid groups (broad SMARTS) is 1. The lowest BCUT2D eigenvalue weighted by Crippen LogP contribution is -2.36. The molecular formula is C22H34N2O3S. The molecule has 2 aliphatic rings. The number of carbonyl (C=O) groups is 1. The lowest BCUT2D eigenvalue weighted by atomic mass is 9.86. The first kappa shape index (κ1) is 22.9. The summed E-state index contributed by atoms with van der Waals surface area (Å²) < 4.78 is 6.29. The van der Waals surface area contributed by atoms with Crippen LogP contribution in [0.5, 0.6) is 0 Å². The van der Waals surface area contributed by atoms with Crippen molar-refractivity contribution >= 4 is 23.3 Å². The summed E-state index contributed by atoms with van der Waals surface area (Å²) in [6, 6.07) is 0. The van der Waals surface area contributed by atoms with Crippen LogP contribution < -0.4 is 0 Å². The van der Waals surface area contributed by atoms with Gasteiger partial charge in [0.1, 0.15) is 0 Å². The molecule has 2 unspecified atom stereocenters. The van der Waals surface area contributed by atoms with E-state index in [4.69, 9.17) is 4.74 Å². The van der Waals surface area contributed by atoms with Gasteiger partial charge in [-0.15, -0.1) is 18.3 Å². The summed E-state index contributed by atoms with van der Waals surface area (Å²) in [5, 5.41) is 9.58. The van der Waals surface area contributed by atoms with Crippen LogP contribution >= 0.6 is 11.8 Å². The van der Waals surface area contributed by atoms with E-state index in [2.05, 4.69) is 35.5 Å². The number of rotatable bonds is 10. The number of thioether (sulfide) groups is 1. The fourth-order valence-electron chi connectivity index (χ4n) is 4.03. The van der Waals surface area contributed by atoms with Crippen LogP contribution in [0.1, 0.15) is 39.0 Å². The molecule has 2 atom stereocenters. The second kappa shape index (κ2) is 11.6. The molecular weight excluding hydrogens is 372 g/mol. The molecule has 0 saturated carbocycles. The number of hydrogen-bond donors (Lipinski definition) is 1. The molecule has 2 aliphatic heterocycles. The largest absolute Gasteiger partial charge is 0.481 e. The standard InChI is InChI=1S/C22H34N2O3S/c1-4-5-6-8-20-16-27-22(18(20)2)10-7-13-24(14-11-22)15-19(21(25)26)9-12-23-17-28-3/h4,6,8,17,19H,1,5,7,9-16H2,2-3H3,(H,25,26)/b8-6-,23-17?. The van der Waals surface area contributed by atoms with Gasteiger partial charge in [0.05, 0.1) is 23.7 Å². The van der Waals surface area contributed by atoms with Gasteiger partial charge in [-0.1, -0.05) is 18.2 Å². The molecule has 1 saturated heterocycles. The van der Waals surface area contributed by atoms with Gasteiger partial charge in [-0.3, -0.25) is 9.79 Å². The van der Waals surface area contributed by atoms with Gasteiger partial charge in [-0.25, -0.2) is 0 Å². The molecule has 1 fully saturated rings. The van der Waals surface area contributed by atoms with Crippen molar-refractivity contribution in [2.45, 2.75) is 44.6 Å². The summed E-state index contributed by atoms with van der Waals surface area (Å²) in [6.45, 7) is 9.59. The van der Waals surface area contributed by atoms with Gasteiger partial charge in [0, 0.05) is 19.6 Å². The molecule has 0 aromatic rings. The molecule has 0 radical (unpaired) electrons. The van der Waals surface area contributed by atoms with Crippen LogP contribution in [0.25, 0.3) is 0 Å². The van der Waals surface area contributed by atoms with E-state index >= 15 is 0 Å². The first-order valence-corrected chi connectivity index (χ1v) is 11.4. The van der Waals surface area contributed by atoms with Crippen molar-refractivity contribution in [2.24, 2.45) is 10.9 Å². The summed E-state index contributed by atoms with van der Waals surface area (Å²) >= 11 is 1.54. The summed E-state index contributed by atoms with van der Waals surface area (Å²) in [5.41, 5.74) is 4.23. The van der Waals surface area contributed by atoms with E-state index in [0.29, 0.717) is 26.1 Å². The predicted molar refractivity (Wildman–Crippen MR) is 118 cm³/mol. The molecule has 2 heterocycles. The molecule has 2 rings (SSSR count). The molecule has 5 nitrogen and oxygen atoms in total. The van der Waals surface area contributed by atoms with E-state index in [1.165, 1.54) is 22.9 Å². The first-order valence-electron chi connectivity index (χ1n) is 10.1. The number of hydrogen-bond acceptors (Lipinski definition) is 5. The second-order valence-electron chi connectivity index (χ2n) is 7.59. The Balaban J connectivity index is 1.96. The minimum absolute atomic E-state index is 0.177. The molecule has 0 amide bonds. The lowest BCUT2D eigenvalue weighted by Gasteiger charge is -2.29.